The van der Waals surface area contributed by atoms with Crippen LogP contribution in [0, 0.1) is 6.92 Å². The lowest BCUT2D eigenvalue weighted by Gasteiger charge is -2.35. The minimum atomic E-state index is -0.355. The van der Waals surface area contributed by atoms with Crippen LogP contribution in [0.15, 0.2) is 30.3 Å². The van der Waals surface area contributed by atoms with E-state index in [0.29, 0.717) is 11.3 Å². The molecule has 1 saturated heterocycles. The third-order valence-corrected chi connectivity index (χ3v) is 5.04. The van der Waals surface area contributed by atoms with Gasteiger partial charge in [0.25, 0.3) is 0 Å². The Morgan fingerprint density at radius 1 is 1.15 bits per heavy atom. The molecule has 1 fully saturated rings. The van der Waals surface area contributed by atoms with E-state index in [1.807, 2.05) is 31.2 Å². The number of halogens is 1. The highest BCUT2D eigenvalue weighted by Gasteiger charge is 2.20. The van der Waals surface area contributed by atoms with E-state index in [-0.39, 0.29) is 5.97 Å². The van der Waals surface area contributed by atoms with E-state index in [1.165, 1.54) is 7.11 Å². The molecule has 7 heteroatoms. The first-order valence-electron chi connectivity index (χ1n) is 8.87. The number of anilines is 1. The van der Waals surface area contributed by atoms with Crippen LogP contribution in [0.1, 0.15) is 21.6 Å². The molecule has 0 radical (unpaired) electrons. The van der Waals surface area contributed by atoms with Crippen molar-refractivity contribution in [1.29, 1.82) is 0 Å². The van der Waals surface area contributed by atoms with E-state index in [2.05, 4.69) is 14.8 Å². The number of carbonyl (C=O) groups is 1. The van der Waals surface area contributed by atoms with Crippen molar-refractivity contribution in [2.45, 2.75) is 13.5 Å². The summed E-state index contributed by atoms with van der Waals surface area (Å²) in [5.41, 5.74) is 2.29. The number of esters is 1. The number of methoxy groups -OCH3 is 2. The number of piperazine rings is 1. The van der Waals surface area contributed by atoms with Crippen molar-refractivity contribution in [3.8, 4) is 5.75 Å². The summed E-state index contributed by atoms with van der Waals surface area (Å²) in [5.74, 6) is 1.39. The zero-order chi connectivity index (χ0) is 19.4. The smallest absolute Gasteiger partial charge is 0.339 e. The molecule has 0 spiro atoms. The number of ether oxygens (including phenoxy) is 2. The van der Waals surface area contributed by atoms with Crippen LogP contribution in [0.25, 0.3) is 0 Å². The molecule has 1 aromatic heterocycles. The predicted octanol–water partition coefficient (Wildman–Crippen LogP) is 3.16. The van der Waals surface area contributed by atoms with Crippen molar-refractivity contribution in [2.24, 2.45) is 0 Å². The van der Waals surface area contributed by atoms with Crippen molar-refractivity contribution >= 4 is 23.4 Å². The number of pyridine rings is 1. The fourth-order valence-electron chi connectivity index (χ4n) is 3.30. The predicted molar refractivity (Wildman–Crippen MR) is 106 cm³/mol. The number of hydrogen-bond donors (Lipinski definition) is 0. The molecular weight excluding hydrogens is 366 g/mol. The Balaban J connectivity index is 1.63. The Kier molecular flexibility index (Phi) is 6.19. The van der Waals surface area contributed by atoms with Crippen molar-refractivity contribution in [2.75, 3.05) is 45.3 Å². The maximum atomic E-state index is 11.7. The molecule has 1 aliphatic rings. The number of aromatic nitrogens is 1. The van der Waals surface area contributed by atoms with Gasteiger partial charge in [0, 0.05) is 43.3 Å². The molecule has 1 aromatic carbocycles. The lowest BCUT2D eigenvalue weighted by atomic mass is 10.1. The van der Waals surface area contributed by atoms with Gasteiger partial charge in [-0.2, -0.15) is 0 Å². The molecule has 2 aromatic rings. The average Bonchev–Trinajstić information content (AvgIpc) is 2.68. The Hall–Kier alpha value is -2.31. The summed E-state index contributed by atoms with van der Waals surface area (Å²) in [6, 6.07) is 9.38. The minimum Gasteiger partial charge on any atom is -0.496 e. The quantitative estimate of drug-likeness (QED) is 0.732. The van der Waals surface area contributed by atoms with Crippen molar-refractivity contribution in [3.63, 3.8) is 0 Å². The molecule has 6 nitrogen and oxygen atoms in total. The monoisotopic (exact) mass is 389 g/mol. The van der Waals surface area contributed by atoms with Gasteiger partial charge in [-0.1, -0.05) is 11.6 Å². The van der Waals surface area contributed by atoms with Crippen molar-refractivity contribution < 1.29 is 14.3 Å². The molecule has 0 amide bonds. The fraction of sp³-hybridized carbons (Fsp3) is 0.400. The second kappa shape index (κ2) is 8.59. The standard InChI is InChI=1S/C20H24ClN3O3/c1-14-17(20(25)27-3)5-7-19(22-14)24-10-8-23(9-11-24)13-15-12-16(21)4-6-18(15)26-2/h4-7,12H,8-11,13H2,1-3H3. The largest absolute Gasteiger partial charge is 0.496 e. The Bertz CT molecular complexity index is 820. The van der Waals surface area contributed by atoms with Crippen LogP contribution in [0.4, 0.5) is 5.82 Å². The van der Waals surface area contributed by atoms with E-state index in [4.69, 9.17) is 21.1 Å². The number of rotatable bonds is 5. The molecule has 144 valence electrons. The zero-order valence-corrected chi connectivity index (χ0v) is 16.6. The van der Waals surface area contributed by atoms with Gasteiger partial charge in [0.2, 0.25) is 0 Å². The summed E-state index contributed by atoms with van der Waals surface area (Å²) in [5, 5.41) is 0.717. The van der Waals surface area contributed by atoms with Gasteiger partial charge in [0.05, 0.1) is 25.5 Å². The molecule has 2 heterocycles. The number of aryl methyl sites for hydroxylation is 1. The molecule has 0 aliphatic carbocycles. The molecule has 0 bridgehead atoms. The zero-order valence-electron chi connectivity index (χ0n) is 15.9. The van der Waals surface area contributed by atoms with Crippen LogP contribution < -0.4 is 9.64 Å². The molecule has 1 aliphatic heterocycles. The third kappa shape index (κ3) is 4.51. The Morgan fingerprint density at radius 2 is 1.89 bits per heavy atom. The topological polar surface area (TPSA) is 54.9 Å². The highest BCUT2D eigenvalue weighted by atomic mass is 35.5. The molecule has 0 N–H and O–H groups in total. The summed E-state index contributed by atoms with van der Waals surface area (Å²) in [6.07, 6.45) is 0. The van der Waals surface area contributed by atoms with Gasteiger partial charge in [-0.25, -0.2) is 9.78 Å². The number of nitrogens with zero attached hydrogens (tertiary/aromatic N) is 3. The first-order valence-corrected chi connectivity index (χ1v) is 9.25. The molecule has 0 saturated carbocycles. The van der Waals surface area contributed by atoms with Gasteiger partial charge in [0.1, 0.15) is 11.6 Å². The van der Waals surface area contributed by atoms with E-state index < -0.39 is 0 Å². The second-order valence-corrected chi connectivity index (χ2v) is 6.95. The normalized spacial score (nSPS) is 14.9. The minimum absolute atomic E-state index is 0.355. The van der Waals surface area contributed by atoms with E-state index >= 15 is 0 Å². The van der Waals surface area contributed by atoms with Crippen LogP contribution in [-0.4, -0.2) is 56.3 Å². The fourth-order valence-corrected chi connectivity index (χ4v) is 3.49. The van der Waals surface area contributed by atoms with E-state index in [0.717, 1.165) is 54.9 Å². The van der Waals surface area contributed by atoms with Gasteiger partial charge in [-0.15, -0.1) is 0 Å². The van der Waals surface area contributed by atoms with Crippen LogP contribution in [0.5, 0.6) is 5.75 Å². The average molecular weight is 390 g/mol. The van der Waals surface area contributed by atoms with Gasteiger partial charge in [-0.05, 0) is 37.3 Å². The van der Waals surface area contributed by atoms with Crippen LogP contribution in [0.3, 0.4) is 0 Å². The highest BCUT2D eigenvalue weighted by molar-refractivity contribution is 6.30. The van der Waals surface area contributed by atoms with Gasteiger partial charge < -0.3 is 14.4 Å². The molecule has 0 unspecified atom stereocenters. The Labute approximate surface area is 164 Å². The number of carbonyl (C=O) groups excluding carboxylic acids is 1. The van der Waals surface area contributed by atoms with E-state index in [1.54, 1.807) is 13.2 Å². The van der Waals surface area contributed by atoms with Crippen molar-refractivity contribution in [1.82, 2.24) is 9.88 Å². The summed E-state index contributed by atoms with van der Waals surface area (Å²) >= 11 is 6.13. The lowest BCUT2D eigenvalue weighted by molar-refractivity contribution is 0.0599. The molecule has 3 rings (SSSR count). The van der Waals surface area contributed by atoms with E-state index in [9.17, 15) is 4.79 Å². The SMILES string of the molecule is COC(=O)c1ccc(N2CCN(Cc3cc(Cl)ccc3OC)CC2)nc1C. The van der Waals surface area contributed by atoms with Crippen LogP contribution in [-0.2, 0) is 11.3 Å². The number of benzene rings is 1. The molecule has 0 atom stereocenters. The van der Waals surface area contributed by atoms with Crippen molar-refractivity contribution in [3.05, 3.63) is 52.2 Å². The Morgan fingerprint density at radius 3 is 2.52 bits per heavy atom. The summed E-state index contributed by atoms with van der Waals surface area (Å²) < 4.78 is 10.2. The lowest BCUT2D eigenvalue weighted by Crippen LogP contribution is -2.46. The molecular formula is C20H24ClN3O3. The van der Waals surface area contributed by atoms with Crippen LogP contribution in [0.2, 0.25) is 5.02 Å². The highest BCUT2D eigenvalue weighted by Crippen LogP contribution is 2.25. The second-order valence-electron chi connectivity index (χ2n) is 6.51. The first-order chi connectivity index (χ1) is 13.0. The van der Waals surface area contributed by atoms with Gasteiger partial charge in [0.15, 0.2) is 0 Å². The van der Waals surface area contributed by atoms with Crippen LogP contribution >= 0.6 is 11.6 Å². The van der Waals surface area contributed by atoms with Gasteiger partial charge >= 0.3 is 5.97 Å². The number of hydrogen-bond acceptors (Lipinski definition) is 6. The summed E-state index contributed by atoms with van der Waals surface area (Å²) in [6.45, 7) is 6.19. The maximum Gasteiger partial charge on any atom is 0.339 e. The first kappa shape index (κ1) is 19.5. The van der Waals surface area contributed by atoms with Gasteiger partial charge in [-0.3, -0.25) is 4.90 Å². The summed E-state index contributed by atoms with van der Waals surface area (Å²) in [4.78, 5) is 20.9. The molecule has 27 heavy (non-hydrogen) atoms. The summed E-state index contributed by atoms with van der Waals surface area (Å²) in [7, 11) is 3.06. The maximum absolute atomic E-state index is 11.7. The third-order valence-electron chi connectivity index (χ3n) is 4.81.